The standard InChI is InChI=1S/C25H24F3N7O4S2/c1-39-22-31-23(40-33-22)32-24(36)34-12-14-9-16(10-15(14)13-34)30-20-18-7-8-35(21(18)29-11-19(20)25(26,27)28)41(37,38)17-5-3-2-4-6-17/h2-8,11,14-16H,9-10,12-13H2,1H3,(H,29,30)(H,31,32,33,36)/t14-,15?,16?/m1/s1. The van der Waals surface area contributed by atoms with E-state index in [1.165, 1.54) is 31.5 Å². The fourth-order valence-electron chi connectivity index (χ4n) is 5.64. The summed E-state index contributed by atoms with van der Waals surface area (Å²) in [6, 6.07) is 8.50. The van der Waals surface area contributed by atoms with E-state index in [-0.39, 0.29) is 51.5 Å². The third-order valence-corrected chi connectivity index (χ3v) is 9.77. The van der Waals surface area contributed by atoms with Crippen molar-refractivity contribution in [3.63, 3.8) is 0 Å². The number of ether oxygens (including phenoxy) is 1. The van der Waals surface area contributed by atoms with Crippen molar-refractivity contribution in [1.82, 2.24) is 23.2 Å². The Kier molecular flexibility index (Phi) is 6.76. The minimum absolute atomic E-state index is 0.00354. The van der Waals surface area contributed by atoms with Crippen molar-refractivity contribution in [3.8, 4) is 6.01 Å². The van der Waals surface area contributed by atoms with Gasteiger partial charge in [0.1, 0.15) is 0 Å². The summed E-state index contributed by atoms with van der Waals surface area (Å²) in [6.45, 7) is 0.905. The molecular formula is C25H24F3N7O4S2. The van der Waals surface area contributed by atoms with Crippen LogP contribution in [0.4, 0.5) is 28.8 Å². The summed E-state index contributed by atoms with van der Waals surface area (Å²) in [5.74, 6) is 0.189. The molecule has 11 nitrogen and oxygen atoms in total. The Labute approximate surface area is 236 Å². The number of pyridine rings is 1. The van der Waals surface area contributed by atoms with E-state index >= 15 is 0 Å². The van der Waals surface area contributed by atoms with Crippen LogP contribution in [0.15, 0.2) is 53.7 Å². The van der Waals surface area contributed by atoms with Crippen LogP contribution < -0.4 is 15.4 Å². The number of hydrogen-bond acceptors (Lipinski definition) is 9. The summed E-state index contributed by atoms with van der Waals surface area (Å²) < 4.78 is 78.4. The van der Waals surface area contributed by atoms with E-state index in [0.29, 0.717) is 37.3 Å². The molecule has 2 unspecified atom stereocenters. The van der Waals surface area contributed by atoms with Gasteiger partial charge >= 0.3 is 18.2 Å². The monoisotopic (exact) mass is 607 g/mol. The summed E-state index contributed by atoms with van der Waals surface area (Å²) in [5, 5.41) is 6.14. The highest BCUT2D eigenvalue weighted by molar-refractivity contribution is 7.90. The number of nitrogens with one attached hydrogen (secondary N) is 2. The highest BCUT2D eigenvalue weighted by atomic mass is 32.2. The Morgan fingerprint density at radius 2 is 1.83 bits per heavy atom. The number of rotatable bonds is 6. The van der Waals surface area contributed by atoms with Crippen LogP contribution in [0.3, 0.4) is 0 Å². The predicted molar refractivity (Wildman–Crippen MR) is 144 cm³/mol. The summed E-state index contributed by atoms with van der Waals surface area (Å²) in [4.78, 5) is 22.3. The molecule has 1 saturated carbocycles. The van der Waals surface area contributed by atoms with Gasteiger partial charge in [0.2, 0.25) is 5.13 Å². The lowest BCUT2D eigenvalue weighted by molar-refractivity contribution is -0.137. The molecule has 0 bridgehead atoms. The lowest BCUT2D eigenvalue weighted by atomic mass is 10.0. The van der Waals surface area contributed by atoms with Crippen molar-refractivity contribution in [1.29, 1.82) is 0 Å². The van der Waals surface area contributed by atoms with E-state index in [0.717, 1.165) is 15.5 Å². The fraction of sp³-hybridized carbons (Fsp3) is 0.360. The summed E-state index contributed by atoms with van der Waals surface area (Å²) in [5.41, 5.74) is -1.27. The normalized spacial score (nSPS) is 20.8. The van der Waals surface area contributed by atoms with E-state index in [4.69, 9.17) is 4.74 Å². The number of benzene rings is 1. The van der Waals surface area contributed by atoms with Crippen molar-refractivity contribution in [2.24, 2.45) is 11.8 Å². The molecule has 1 aliphatic carbocycles. The molecule has 2 fully saturated rings. The molecule has 1 saturated heterocycles. The first-order valence-corrected chi connectivity index (χ1v) is 14.8. The Balaban J connectivity index is 1.21. The van der Waals surface area contributed by atoms with Crippen LogP contribution in [-0.2, 0) is 16.2 Å². The zero-order chi connectivity index (χ0) is 28.9. The number of carbonyl (C=O) groups is 1. The van der Waals surface area contributed by atoms with Crippen molar-refractivity contribution in [2.75, 3.05) is 30.8 Å². The van der Waals surface area contributed by atoms with Crippen molar-refractivity contribution < 1.29 is 31.1 Å². The third-order valence-electron chi connectivity index (χ3n) is 7.48. The highest BCUT2D eigenvalue weighted by Gasteiger charge is 2.44. The third kappa shape index (κ3) is 5.05. The lowest BCUT2D eigenvalue weighted by Gasteiger charge is -2.22. The molecule has 1 aromatic carbocycles. The number of anilines is 2. The molecule has 216 valence electrons. The second-order valence-corrected chi connectivity index (χ2v) is 12.5. The molecule has 0 spiro atoms. The number of alkyl halides is 3. The first kappa shape index (κ1) is 27.3. The molecule has 4 heterocycles. The number of halogens is 3. The van der Waals surface area contributed by atoms with Crippen molar-refractivity contribution >= 4 is 49.4 Å². The SMILES string of the molecule is COc1nsc(NC(=O)N2CC3CC(Nc4c(C(F)(F)F)cnc5c4ccn5S(=O)(=O)c4ccccc4)C[C@@H]3C2)n1. The average Bonchev–Trinajstić information content (AvgIpc) is 3.71. The maximum Gasteiger partial charge on any atom is 0.419 e. The van der Waals surface area contributed by atoms with Crippen LogP contribution in [0.5, 0.6) is 6.01 Å². The smallest absolute Gasteiger partial charge is 0.419 e. The van der Waals surface area contributed by atoms with Gasteiger partial charge in [-0.3, -0.25) is 5.32 Å². The number of urea groups is 1. The second-order valence-electron chi connectivity index (χ2n) is 9.97. The minimum Gasteiger partial charge on any atom is -0.466 e. The van der Waals surface area contributed by atoms with E-state index in [2.05, 4.69) is 25.0 Å². The molecule has 41 heavy (non-hydrogen) atoms. The maximum absolute atomic E-state index is 14.1. The first-order chi connectivity index (χ1) is 19.5. The lowest BCUT2D eigenvalue weighted by Crippen LogP contribution is -2.34. The molecule has 2 aliphatic rings. The Hall–Kier alpha value is -3.92. The Morgan fingerprint density at radius 3 is 2.46 bits per heavy atom. The molecular weight excluding hydrogens is 583 g/mol. The highest BCUT2D eigenvalue weighted by Crippen LogP contribution is 2.43. The maximum atomic E-state index is 14.1. The topological polar surface area (TPSA) is 131 Å². The first-order valence-electron chi connectivity index (χ1n) is 12.6. The van der Waals surface area contributed by atoms with Crippen LogP contribution >= 0.6 is 11.5 Å². The molecule has 16 heteroatoms. The summed E-state index contributed by atoms with van der Waals surface area (Å²) in [6.07, 6.45) is -1.72. The van der Waals surface area contributed by atoms with Gasteiger partial charge in [0.15, 0.2) is 5.65 Å². The van der Waals surface area contributed by atoms with Crippen LogP contribution in [0.2, 0.25) is 0 Å². The summed E-state index contributed by atoms with van der Waals surface area (Å²) >= 11 is 0.999. The largest absolute Gasteiger partial charge is 0.466 e. The fourth-order valence-corrected chi connectivity index (χ4v) is 7.49. The molecule has 2 amide bonds. The summed E-state index contributed by atoms with van der Waals surface area (Å²) in [7, 11) is -2.65. The number of hydrogen-bond donors (Lipinski definition) is 2. The Bertz CT molecular complexity index is 1700. The molecule has 4 aromatic rings. The van der Waals surface area contributed by atoms with Gasteiger partial charge in [-0.2, -0.15) is 18.2 Å². The van der Waals surface area contributed by atoms with Crippen LogP contribution in [0, 0.1) is 11.8 Å². The van der Waals surface area contributed by atoms with E-state index in [1.807, 2.05) is 0 Å². The van der Waals surface area contributed by atoms with Gasteiger partial charge in [-0.25, -0.2) is 22.2 Å². The quantitative estimate of drug-likeness (QED) is 0.328. The zero-order valence-corrected chi connectivity index (χ0v) is 23.1. The van der Waals surface area contributed by atoms with E-state index < -0.39 is 21.8 Å². The number of fused-ring (bicyclic) bond motifs is 2. The van der Waals surface area contributed by atoms with Gasteiger partial charge in [-0.15, -0.1) is 4.37 Å². The molecule has 3 atom stereocenters. The minimum atomic E-state index is -4.71. The van der Waals surface area contributed by atoms with Crippen molar-refractivity contribution in [3.05, 3.63) is 54.4 Å². The molecule has 1 aliphatic heterocycles. The molecule has 0 radical (unpaired) electrons. The number of methoxy groups -OCH3 is 1. The van der Waals surface area contributed by atoms with Crippen LogP contribution in [-0.4, -0.2) is 63.9 Å². The molecule has 2 N–H and O–H groups in total. The zero-order valence-electron chi connectivity index (χ0n) is 21.5. The number of nitrogens with zero attached hydrogens (tertiary/aromatic N) is 5. The Morgan fingerprint density at radius 1 is 1.12 bits per heavy atom. The number of likely N-dealkylation sites (tertiary alicyclic amines) is 1. The van der Waals surface area contributed by atoms with E-state index in [9.17, 15) is 26.4 Å². The average molecular weight is 608 g/mol. The molecule has 3 aromatic heterocycles. The van der Waals surface area contributed by atoms with Crippen LogP contribution in [0.25, 0.3) is 11.0 Å². The van der Waals surface area contributed by atoms with Gasteiger partial charge < -0.3 is 15.0 Å². The van der Waals surface area contributed by atoms with Gasteiger partial charge in [0, 0.05) is 48.4 Å². The predicted octanol–water partition coefficient (Wildman–Crippen LogP) is 4.51. The van der Waals surface area contributed by atoms with E-state index in [1.54, 1.807) is 23.1 Å². The molecule has 6 rings (SSSR count). The number of aromatic nitrogens is 4. The van der Waals surface area contributed by atoms with Gasteiger partial charge in [0.05, 0.1) is 23.3 Å². The number of carbonyl (C=O) groups excluding carboxylic acids is 1. The van der Waals surface area contributed by atoms with Gasteiger partial charge in [-0.1, -0.05) is 18.2 Å². The van der Waals surface area contributed by atoms with Crippen molar-refractivity contribution in [2.45, 2.75) is 30.0 Å². The second kappa shape index (κ2) is 10.2. The van der Waals surface area contributed by atoms with Gasteiger partial charge in [0.25, 0.3) is 10.0 Å². The number of amides is 2. The van der Waals surface area contributed by atoms with Gasteiger partial charge in [-0.05, 0) is 42.9 Å². The van der Waals surface area contributed by atoms with Crippen LogP contribution in [0.1, 0.15) is 18.4 Å².